The van der Waals surface area contributed by atoms with Gasteiger partial charge in [0.2, 0.25) is 0 Å². The molecule has 1 N–H and O–H groups in total. The summed E-state index contributed by atoms with van der Waals surface area (Å²) in [5, 5.41) is 3.15. The average Bonchev–Trinajstić information content (AvgIpc) is 2.42. The minimum atomic E-state index is 0.292. The monoisotopic (exact) mass is 263 g/mol. The van der Waals surface area contributed by atoms with Crippen molar-refractivity contribution >= 4 is 0 Å². The molecule has 1 saturated heterocycles. The number of likely N-dealkylation sites (N-methyl/N-ethyl adjacent to an activating group) is 1. The predicted octanol–water partition coefficient (Wildman–Crippen LogP) is 5.27. The summed E-state index contributed by atoms with van der Waals surface area (Å²) in [5.41, 5.74) is 0.292. The van der Waals surface area contributed by atoms with Gasteiger partial charge in [-0.2, -0.15) is 0 Å². The summed E-state index contributed by atoms with van der Waals surface area (Å²) >= 11 is 0. The Balaban J connectivity index is -0.0000000776. The molecule has 0 atom stereocenters. The van der Waals surface area contributed by atoms with Crippen LogP contribution in [0.1, 0.15) is 81.6 Å². The van der Waals surface area contributed by atoms with Crippen molar-refractivity contribution in [2.45, 2.75) is 87.1 Å². The zero-order chi connectivity index (χ0) is 15.4. The summed E-state index contributed by atoms with van der Waals surface area (Å²) in [6, 6.07) is 0. The Morgan fingerprint density at radius 2 is 1.17 bits per heavy atom. The van der Waals surface area contributed by atoms with Gasteiger partial charge in [-0.1, -0.05) is 74.7 Å². The smallest absolute Gasteiger partial charge is 0.0669 e. The van der Waals surface area contributed by atoms with Gasteiger partial charge in [-0.25, -0.2) is 0 Å². The van der Waals surface area contributed by atoms with Crippen LogP contribution in [-0.4, -0.2) is 25.8 Å². The van der Waals surface area contributed by atoms with E-state index in [2.05, 4.69) is 39.9 Å². The normalized spacial score (nSPS) is 13.7. The maximum atomic E-state index is 4.97. The standard InChI is InChI=1S/C5H11NO.C4H10.C3H8.2C2H6/c1-5(6-2)3-7-4-5;1-3-4-2;1-3-2;2*1-2/h6H,3-4H2,1-2H3;3-4H2,1-2H3;3H2,1-2H3;2*1-2H3. The van der Waals surface area contributed by atoms with Crippen LogP contribution < -0.4 is 5.32 Å². The van der Waals surface area contributed by atoms with Crippen LogP contribution in [0, 0.1) is 0 Å². The number of ether oxygens (including phenoxy) is 1. The summed E-state index contributed by atoms with van der Waals surface area (Å²) in [6.45, 7) is 20.5. The number of nitrogens with one attached hydrogen (secondary N) is 1. The van der Waals surface area contributed by atoms with E-state index in [0.717, 1.165) is 13.2 Å². The Bertz CT molecular complexity index is 93.8. The van der Waals surface area contributed by atoms with Crippen molar-refractivity contribution < 1.29 is 4.74 Å². The van der Waals surface area contributed by atoms with Crippen molar-refractivity contribution in [3.05, 3.63) is 0 Å². The highest BCUT2D eigenvalue weighted by Crippen LogP contribution is 2.13. The molecule has 1 fully saturated rings. The third-order valence-electron chi connectivity index (χ3n) is 1.94. The van der Waals surface area contributed by atoms with Gasteiger partial charge in [-0.05, 0) is 14.0 Å². The van der Waals surface area contributed by atoms with E-state index in [1.165, 1.54) is 19.3 Å². The molecule has 1 rings (SSSR count). The Labute approximate surface area is 118 Å². The molecule has 2 nitrogen and oxygen atoms in total. The van der Waals surface area contributed by atoms with E-state index < -0.39 is 0 Å². The van der Waals surface area contributed by atoms with Crippen LogP contribution in [0.25, 0.3) is 0 Å². The fourth-order valence-corrected chi connectivity index (χ4v) is 0.553. The summed E-state index contributed by atoms with van der Waals surface area (Å²) in [5.74, 6) is 0. The lowest BCUT2D eigenvalue weighted by Gasteiger charge is -2.37. The number of unbranched alkanes of at least 4 members (excludes halogenated alkanes) is 1. The molecule has 0 aromatic carbocycles. The van der Waals surface area contributed by atoms with Crippen molar-refractivity contribution in [3.8, 4) is 0 Å². The molecule has 0 bridgehead atoms. The largest absolute Gasteiger partial charge is 0.377 e. The fourth-order valence-electron chi connectivity index (χ4n) is 0.553. The van der Waals surface area contributed by atoms with Crippen LogP contribution in [0.15, 0.2) is 0 Å². The van der Waals surface area contributed by atoms with Crippen LogP contribution in [0.2, 0.25) is 0 Å². The molecule has 1 aliphatic heterocycles. The highest BCUT2D eigenvalue weighted by atomic mass is 16.5. The topological polar surface area (TPSA) is 21.3 Å². The van der Waals surface area contributed by atoms with Crippen molar-refractivity contribution in [1.82, 2.24) is 5.32 Å². The van der Waals surface area contributed by atoms with E-state index in [1.54, 1.807) is 0 Å². The summed E-state index contributed by atoms with van der Waals surface area (Å²) in [7, 11) is 1.96. The highest BCUT2D eigenvalue weighted by Gasteiger charge is 2.30. The molecular weight excluding hydrogens is 222 g/mol. The van der Waals surface area contributed by atoms with Gasteiger partial charge in [-0.15, -0.1) is 0 Å². The van der Waals surface area contributed by atoms with Crippen molar-refractivity contribution in [2.24, 2.45) is 0 Å². The second kappa shape index (κ2) is 25.7. The van der Waals surface area contributed by atoms with E-state index in [9.17, 15) is 0 Å². The molecule has 0 amide bonds. The molecule has 0 saturated carbocycles. The first-order chi connectivity index (χ1) is 8.60. The molecule has 0 unspecified atom stereocenters. The quantitative estimate of drug-likeness (QED) is 0.733. The zero-order valence-electron chi connectivity index (χ0n) is 14.9. The molecule has 0 aromatic rings. The second-order valence-corrected chi connectivity index (χ2v) is 4.01. The average molecular weight is 264 g/mol. The van der Waals surface area contributed by atoms with Gasteiger partial charge in [-0.3, -0.25) is 0 Å². The molecular formula is C16H41NO. The Hall–Kier alpha value is -0.0800. The SMILES string of the molecule is CC.CC.CCC.CCCC.CNC1(C)COC1. The molecule has 2 heteroatoms. The Morgan fingerprint density at radius 1 is 0.889 bits per heavy atom. The number of hydrogen-bond donors (Lipinski definition) is 1. The van der Waals surface area contributed by atoms with Gasteiger partial charge in [0, 0.05) is 0 Å². The molecule has 0 aromatic heterocycles. The maximum Gasteiger partial charge on any atom is 0.0669 e. The first-order valence-corrected chi connectivity index (χ1v) is 7.86. The predicted molar refractivity (Wildman–Crippen MR) is 87.5 cm³/mol. The molecule has 116 valence electrons. The minimum Gasteiger partial charge on any atom is -0.377 e. The van der Waals surface area contributed by atoms with Crippen molar-refractivity contribution in [2.75, 3.05) is 20.3 Å². The van der Waals surface area contributed by atoms with Crippen LogP contribution in [0.3, 0.4) is 0 Å². The van der Waals surface area contributed by atoms with E-state index in [4.69, 9.17) is 4.74 Å². The summed E-state index contributed by atoms with van der Waals surface area (Å²) in [6.07, 6.45) is 3.89. The van der Waals surface area contributed by atoms with Crippen LogP contribution in [-0.2, 0) is 4.74 Å². The first kappa shape index (κ1) is 26.5. The third-order valence-corrected chi connectivity index (χ3v) is 1.94. The minimum absolute atomic E-state index is 0.292. The van der Waals surface area contributed by atoms with Gasteiger partial charge in [0.25, 0.3) is 0 Å². The van der Waals surface area contributed by atoms with Crippen LogP contribution in [0.5, 0.6) is 0 Å². The number of rotatable bonds is 2. The van der Waals surface area contributed by atoms with E-state index in [0.29, 0.717) is 5.54 Å². The molecule has 18 heavy (non-hydrogen) atoms. The highest BCUT2D eigenvalue weighted by molar-refractivity contribution is 4.87. The van der Waals surface area contributed by atoms with Crippen molar-refractivity contribution in [3.63, 3.8) is 0 Å². The first-order valence-electron chi connectivity index (χ1n) is 7.86. The molecule has 0 aliphatic carbocycles. The Morgan fingerprint density at radius 3 is 1.17 bits per heavy atom. The van der Waals surface area contributed by atoms with Crippen LogP contribution in [0.4, 0.5) is 0 Å². The lowest BCUT2D eigenvalue weighted by Crippen LogP contribution is -2.56. The van der Waals surface area contributed by atoms with Gasteiger partial charge in [0.05, 0.1) is 18.8 Å². The van der Waals surface area contributed by atoms with E-state index >= 15 is 0 Å². The van der Waals surface area contributed by atoms with Gasteiger partial charge >= 0.3 is 0 Å². The van der Waals surface area contributed by atoms with Gasteiger partial charge < -0.3 is 10.1 Å². The van der Waals surface area contributed by atoms with E-state index in [-0.39, 0.29) is 0 Å². The summed E-state index contributed by atoms with van der Waals surface area (Å²) < 4.78 is 4.97. The van der Waals surface area contributed by atoms with Crippen molar-refractivity contribution in [1.29, 1.82) is 0 Å². The molecule has 1 heterocycles. The lowest BCUT2D eigenvalue weighted by atomic mass is 10.0. The second-order valence-electron chi connectivity index (χ2n) is 4.01. The van der Waals surface area contributed by atoms with Gasteiger partial charge in [0.1, 0.15) is 0 Å². The maximum absolute atomic E-state index is 4.97. The Kier molecular flexibility index (Phi) is 37.8. The number of hydrogen-bond acceptors (Lipinski definition) is 2. The lowest BCUT2D eigenvalue weighted by molar-refractivity contribution is -0.0602. The molecule has 0 spiro atoms. The summed E-state index contributed by atoms with van der Waals surface area (Å²) in [4.78, 5) is 0. The fraction of sp³-hybridized carbons (Fsp3) is 1.00. The molecule has 1 aliphatic rings. The van der Waals surface area contributed by atoms with E-state index in [1.807, 2.05) is 34.7 Å². The van der Waals surface area contributed by atoms with Crippen LogP contribution >= 0.6 is 0 Å². The molecule has 0 radical (unpaired) electrons. The third kappa shape index (κ3) is 24.9. The zero-order valence-corrected chi connectivity index (χ0v) is 14.9. The van der Waals surface area contributed by atoms with Gasteiger partial charge in [0.15, 0.2) is 0 Å².